The van der Waals surface area contributed by atoms with E-state index in [1.165, 1.54) is 11.1 Å². The van der Waals surface area contributed by atoms with E-state index < -0.39 is 0 Å². The molecule has 3 nitrogen and oxygen atoms in total. The third-order valence-electron chi connectivity index (χ3n) is 4.37. The first-order valence-electron chi connectivity index (χ1n) is 9.20. The first kappa shape index (κ1) is 20.2. The Morgan fingerprint density at radius 2 is 1.50 bits per heavy atom. The van der Waals surface area contributed by atoms with Crippen molar-refractivity contribution in [3.63, 3.8) is 0 Å². The molecule has 4 heteroatoms. The van der Waals surface area contributed by atoms with E-state index in [4.69, 9.17) is 17.0 Å². The summed E-state index contributed by atoms with van der Waals surface area (Å²) in [5.74, 6) is 1.95. The zero-order chi connectivity index (χ0) is 19.1. The maximum absolute atomic E-state index is 5.55. The quantitative estimate of drug-likeness (QED) is 0.595. The van der Waals surface area contributed by atoms with Crippen molar-refractivity contribution in [1.29, 1.82) is 0 Å². The molecule has 0 aliphatic heterocycles. The molecule has 2 aromatic carbocycles. The molecule has 140 valence electrons. The molecular formula is C22H30N2OS. The summed E-state index contributed by atoms with van der Waals surface area (Å²) in [5.41, 5.74) is 3.54. The largest absolute Gasteiger partial charge is 0.497 e. The summed E-state index contributed by atoms with van der Waals surface area (Å²) in [4.78, 5) is 0. The minimum absolute atomic E-state index is 0.163. The maximum atomic E-state index is 5.55. The lowest BCUT2D eigenvalue weighted by molar-refractivity contribution is 0.414. The van der Waals surface area contributed by atoms with Crippen LogP contribution in [0.5, 0.6) is 5.75 Å². The molecule has 0 heterocycles. The fourth-order valence-electron chi connectivity index (χ4n) is 2.86. The minimum atomic E-state index is 0.163. The van der Waals surface area contributed by atoms with E-state index in [9.17, 15) is 0 Å². The first-order valence-corrected chi connectivity index (χ1v) is 9.61. The third kappa shape index (κ3) is 6.03. The Hall–Kier alpha value is -2.07. The Bertz CT molecular complexity index is 693. The van der Waals surface area contributed by atoms with Crippen molar-refractivity contribution in [3.05, 3.63) is 59.7 Å². The number of thiocarbonyl (C=S) groups is 1. The summed E-state index contributed by atoms with van der Waals surface area (Å²) in [6.07, 6.45) is 1.00. The Morgan fingerprint density at radius 3 is 2.00 bits per heavy atom. The average molecular weight is 371 g/mol. The third-order valence-corrected chi connectivity index (χ3v) is 4.59. The van der Waals surface area contributed by atoms with E-state index in [1.54, 1.807) is 7.11 Å². The molecule has 0 bridgehead atoms. The van der Waals surface area contributed by atoms with E-state index in [0.717, 1.165) is 17.9 Å². The Kier molecular flexibility index (Phi) is 7.46. The van der Waals surface area contributed by atoms with Crippen LogP contribution in [0.2, 0.25) is 0 Å². The van der Waals surface area contributed by atoms with Crippen LogP contribution < -0.4 is 15.4 Å². The lowest BCUT2D eigenvalue weighted by Gasteiger charge is -2.23. The molecule has 1 atom stereocenters. The average Bonchev–Trinajstić information content (AvgIpc) is 2.61. The number of benzene rings is 2. The number of hydrogen-bond acceptors (Lipinski definition) is 2. The monoisotopic (exact) mass is 370 g/mol. The molecule has 26 heavy (non-hydrogen) atoms. The van der Waals surface area contributed by atoms with Gasteiger partial charge in [-0.05, 0) is 65.9 Å². The van der Waals surface area contributed by atoms with Crippen LogP contribution in [0.3, 0.4) is 0 Å². The van der Waals surface area contributed by atoms with Gasteiger partial charge in [-0.1, -0.05) is 52.0 Å². The van der Waals surface area contributed by atoms with Crippen molar-refractivity contribution in [1.82, 2.24) is 5.32 Å². The zero-order valence-electron chi connectivity index (χ0n) is 16.4. The van der Waals surface area contributed by atoms with Gasteiger partial charge in [-0.3, -0.25) is 0 Å². The van der Waals surface area contributed by atoms with Gasteiger partial charge >= 0.3 is 0 Å². The number of anilines is 1. The van der Waals surface area contributed by atoms with E-state index in [2.05, 4.69) is 74.7 Å². The van der Waals surface area contributed by atoms with Crippen molar-refractivity contribution in [2.45, 2.75) is 46.1 Å². The second kappa shape index (κ2) is 9.58. The highest BCUT2D eigenvalue weighted by Gasteiger charge is 2.15. The van der Waals surface area contributed by atoms with Gasteiger partial charge in [0.2, 0.25) is 0 Å². The number of rotatable bonds is 7. The van der Waals surface area contributed by atoms with Crippen LogP contribution in [-0.2, 0) is 0 Å². The molecule has 0 aliphatic carbocycles. The van der Waals surface area contributed by atoms with Gasteiger partial charge in [-0.15, -0.1) is 0 Å². The second-order valence-corrected chi connectivity index (χ2v) is 7.74. The highest BCUT2D eigenvalue weighted by molar-refractivity contribution is 7.80. The van der Waals surface area contributed by atoms with Gasteiger partial charge in [0.1, 0.15) is 5.75 Å². The first-order chi connectivity index (χ1) is 12.4. The predicted octanol–water partition coefficient (Wildman–Crippen LogP) is 5.89. The fourth-order valence-corrected chi connectivity index (χ4v) is 3.12. The lowest BCUT2D eigenvalue weighted by Crippen LogP contribution is -2.33. The normalized spacial score (nSPS) is 12.1. The van der Waals surface area contributed by atoms with Crippen LogP contribution in [0.25, 0.3) is 0 Å². The lowest BCUT2D eigenvalue weighted by atomic mass is 9.97. The molecule has 0 unspecified atom stereocenters. The smallest absolute Gasteiger partial charge is 0.171 e. The minimum Gasteiger partial charge on any atom is -0.497 e. The molecule has 2 N–H and O–H groups in total. The van der Waals surface area contributed by atoms with Gasteiger partial charge in [0, 0.05) is 5.69 Å². The van der Waals surface area contributed by atoms with E-state index >= 15 is 0 Å². The molecule has 0 aromatic heterocycles. The van der Waals surface area contributed by atoms with Crippen LogP contribution in [0.1, 0.15) is 57.2 Å². The molecule has 0 fully saturated rings. The summed E-state index contributed by atoms with van der Waals surface area (Å²) in [7, 11) is 1.68. The van der Waals surface area contributed by atoms with Gasteiger partial charge < -0.3 is 15.4 Å². The van der Waals surface area contributed by atoms with Crippen molar-refractivity contribution in [2.24, 2.45) is 5.92 Å². The summed E-state index contributed by atoms with van der Waals surface area (Å²) in [6, 6.07) is 16.8. The van der Waals surface area contributed by atoms with Gasteiger partial charge in [0.05, 0.1) is 13.2 Å². The second-order valence-electron chi connectivity index (χ2n) is 7.33. The summed E-state index contributed by atoms with van der Waals surface area (Å²) >= 11 is 5.55. The van der Waals surface area contributed by atoms with Gasteiger partial charge in [0.25, 0.3) is 0 Å². The predicted molar refractivity (Wildman–Crippen MR) is 115 cm³/mol. The van der Waals surface area contributed by atoms with Crippen LogP contribution in [0, 0.1) is 5.92 Å². The molecular weight excluding hydrogens is 340 g/mol. The zero-order valence-corrected chi connectivity index (χ0v) is 17.2. The molecule has 0 amide bonds. The van der Waals surface area contributed by atoms with Gasteiger partial charge in [0.15, 0.2) is 5.11 Å². The molecule has 0 spiro atoms. The molecule has 0 aliphatic rings. The Balaban J connectivity index is 2.05. The fraction of sp³-hybridized carbons (Fsp3) is 0.409. The molecule has 2 rings (SSSR count). The van der Waals surface area contributed by atoms with Crippen LogP contribution >= 0.6 is 12.2 Å². The van der Waals surface area contributed by atoms with Crippen LogP contribution in [0.15, 0.2) is 48.5 Å². The SMILES string of the molecule is COc1ccc([C@H](CC(C)C)NC(=S)Nc2ccc(C(C)C)cc2)cc1. The molecule has 0 saturated heterocycles. The maximum Gasteiger partial charge on any atom is 0.171 e. The number of nitrogens with one attached hydrogen (secondary N) is 2. The standard InChI is InChI=1S/C22H30N2OS/c1-15(2)14-21(18-8-12-20(25-5)13-9-18)24-22(26)23-19-10-6-17(7-11-19)16(3)4/h6-13,15-16,21H,14H2,1-5H3,(H2,23,24,26)/t21-/m0/s1. The number of ether oxygens (including phenoxy) is 1. The van der Waals surface area contributed by atoms with Crippen molar-refractivity contribution >= 4 is 23.0 Å². The highest BCUT2D eigenvalue weighted by atomic mass is 32.1. The van der Waals surface area contributed by atoms with Crippen molar-refractivity contribution in [3.8, 4) is 5.75 Å². The molecule has 0 radical (unpaired) electrons. The highest BCUT2D eigenvalue weighted by Crippen LogP contribution is 2.24. The van der Waals surface area contributed by atoms with Crippen LogP contribution in [0.4, 0.5) is 5.69 Å². The Morgan fingerprint density at radius 1 is 0.923 bits per heavy atom. The van der Waals surface area contributed by atoms with Crippen LogP contribution in [-0.4, -0.2) is 12.2 Å². The van der Waals surface area contributed by atoms with Gasteiger partial charge in [-0.25, -0.2) is 0 Å². The summed E-state index contributed by atoms with van der Waals surface area (Å²) < 4.78 is 5.26. The van der Waals surface area contributed by atoms with E-state index in [1.807, 2.05) is 12.1 Å². The number of methoxy groups -OCH3 is 1. The van der Waals surface area contributed by atoms with E-state index in [-0.39, 0.29) is 6.04 Å². The summed E-state index contributed by atoms with van der Waals surface area (Å²) in [6.45, 7) is 8.83. The van der Waals surface area contributed by atoms with E-state index in [0.29, 0.717) is 16.9 Å². The van der Waals surface area contributed by atoms with Gasteiger partial charge in [-0.2, -0.15) is 0 Å². The van der Waals surface area contributed by atoms with Crippen molar-refractivity contribution < 1.29 is 4.74 Å². The Labute approximate surface area is 163 Å². The molecule has 0 saturated carbocycles. The number of hydrogen-bond donors (Lipinski definition) is 2. The van der Waals surface area contributed by atoms with Crippen molar-refractivity contribution in [2.75, 3.05) is 12.4 Å². The summed E-state index contributed by atoms with van der Waals surface area (Å²) in [5, 5.41) is 7.41. The topological polar surface area (TPSA) is 33.3 Å². The molecule has 2 aromatic rings.